The van der Waals surface area contributed by atoms with Crippen LogP contribution in [0.4, 0.5) is 4.39 Å². The molecule has 3 saturated heterocycles. The quantitative estimate of drug-likeness (QED) is 0.645. The molecule has 196 valence electrons. The number of nitrogens with zero attached hydrogens (tertiary/aromatic N) is 4. The Morgan fingerprint density at radius 3 is 2.78 bits per heavy atom. The first kappa shape index (κ1) is 23.9. The van der Waals surface area contributed by atoms with Gasteiger partial charge in [0.15, 0.2) is 5.84 Å². The Labute approximate surface area is 221 Å². The molecule has 2 N–H and O–H groups in total. The summed E-state index contributed by atoms with van der Waals surface area (Å²) in [5.41, 5.74) is 2.05. The second-order valence-corrected chi connectivity index (χ2v) is 12.9. The molecule has 2 atom stereocenters. The van der Waals surface area contributed by atoms with Crippen molar-refractivity contribution >= 4 is 34.3 Å². The van der Waals surface area contributed by atoms with Crippen molar-refractivity contribution in [2.45, 2.75) is 37.0 Å². The molecule has 0 saturated carbocycles. The van der Waals surface area contributed by atoms with Crippen LogP contribution in [0.25, 0.3) is 10.9 Å². The molecule has 0 radical (unpaired) electrons. The third-order valence-corrected chi connectivity index (χ3v) is 10.4. The molecule has 3 fully saturated rings. The van der Waals surface area contributed by atoms with Crippen molar-refractivity contribution in [3.63, 3.8) is 0 Å². The molecule has 2 aromatic rings. The van der Waals surface area contributed by atoms with Crippen LogP contribution in [0.1, 0.15) is 31.7 Å². The van der Waals surface area contributed by atoms with Gasteiger partial charge in [-0.2, -0.15) is 0 Å². The molecule has 5 aliphatic rings. The number of likely N-dealkylation sites (tertiary alicyclic amines) is 1. The van der Waals surface area contributed by atoms with E-state index in [4.69, 9.17) is 14.7 Å². The van der Waals surface area contributed by atoms with Crippen LogP contribution in [-0.4, -0.2) is 96.3 Å². The molecule has 1 aromatic carbocycles. The van der Waals surface area contributed by atoms with Crippen molar-refractivity contribution in [2.75, 3.05) is 59.0 Å². The van der Waals surface area contributed by atoms with Gasteiger partial charge < -0.3 is 19.9 Å². The van der Waals surface area contributed by atoms with Crippen LogP contribution in [0, 0.1) is 11.2 Å². The van der Waals surface area contributed by atoms with E-state index < -0.39 is 0 Å². The van der Waals surface area contributed by atoms with Crippen molar-refractivity contribution in [1.29, 1.82) is 0 Å². The van der Waals surface area contributed by atoms with Gasteiger partial charge in [0.05, 0.1) is 19.3 Å². The van der Waals surface area contributed by atoms with Gasteiger partial charge in [-0.15, -0.1) is 11.8 Å². The van der Waals surface area contributed by atoms with Crippen molar-refractivity contribution < 1.29 is 9.13 Å². The van der Waals surface area contributed by atoms with Crippen LogP contribution in [0.2, 0.25) is 0 Å². The number of H-pyrrole nitrogens is 1. The number of morpholine rings is 1. The van der Waals surface area contributed by atoms with Gasteiger partial charge in [-0.1, -0.05) is 0 Å². The lowest BCUT2D eigenvalue weighted by atomic mass is 9.78. The Balaban J connectivity index is 1.20. The maximum absolute atomic E-state index is 14.6. The summed E-state index contributed by atoms with van der Waals surface area (Å²) in [5, 5.41) is 4.53. The average Bonchev–Trinajstić information content (AvgIpc) is 3.63. The van der Waals surface area contributed by atoms with Gasteiger partial charge in [-0.25, -0.2) is 9.38 Å². The number of rotatable bonds is 3. The number of thioether (sulfide) groups is 1. The summed E-state index contributed by atoms with van der Waals surface area (Å²) in [5.74, 6) is 1.39. The van der Waals surface area contributed by atoms with E-state index in [-0.39, 0.29) is 16.6 Å². The van der Waals surface area contributed by atoms with Gasteiger partial charge in [0, 0.05) is 48.8 Å². The lowest BCUT2D eigenvalue weighted by Crippen LogP contribution is -2.54. The summed E-state index contributed by atoms with van der Waals surface area (Å²) in [6.45, 7) is 11.0. The van der Waals surface area contributed by atoms with Crippen LogP contribution in [0.3, 0.4) is 0 Å². The summed E-state index contributed by atoms with van der Waals surface area (Å²) in [6, 6.07) is 5.06. The number of aromatic amines is 1. The number of fused-ring (bicyclic) bond motifs is 2. The standard InChI is InChI=1S/C28H35FN6OS/c1-27-24(16-20(37-27)17-34-8-4-28(5-9-34)3-7-30-18-28)32-25(33-26(27)35-10-12-36-13-11-35)22-14-19(29)15-23-21(22)2-6-31-23/h2,6,14-16,24,30-31H,3-5,7-13,17-18H2,1H3. The Bertz CT molecular complexity index is 1280. The number of nitrogens with one attached hydrogen (secondary N) is 2. The Hall–Kier alpha value is -2.20. The molecule has 0 aliphatic carbocycles. The first-order valence-electron chi connectivity index (χ1n) is 13.6. The van der Waals surface area contributed by atoms with Crippen LogP contribution in [0.15, 0.2) is 45.4 Å². The lowest BCUT2D eigenvalue weighted by Gasteiger charge is -2.41. The maximum atomic E-state index is 14.6. The van der Waals surface area contributed by atoms with E-state index >= 15 is 0 Å². The largest absolute Gasteiger partial charge is 0.378 e. The van der Waals surface area contributed by atoms with Gasteiger partial charge in [0.1, 0.15) is 16.4 Å². The second kappa shape index (κ2) is 9.22. The van der Waals surface area contributed by atoms with Crippen molar-refractivity contribution in [2.24, 2.45) is 15.4 Å². The third-order valence-electron chi connectivity index (χ3n) is 8.98. The fraction of sp³-hybridized carbons (Fsp3) is 0.571. The molecule has 7 rings (SSSR count). The highest BCUT2D eigenvalue weighted by atomic mass is 32.2. The molecular weight excluding hydrogens is 487 g/mol. The van der Waals surface area contributed by atoms with E-state index in [2.05, 4.69) is 33.1 Å². The van der Waals surface area contributed by atoms with Gasteiger partial charge in [-0.3, -0.25) is 9.89 Å². The van der Waals surface area contributed by atoms with Gasteiger partial charge >= 0.3 is 0 Å². The number of benzene rings is 1. The van der Waals surface area contributed by atoms with Crippen molar-refractivity contribution in [1.82, 2.24) is 20.1 Å². The molecular formula is C28H35FN6OS. The van der Waals surface area contributed by atoms with Gasteiger partial charge in [0.25, 0.3) is 0 Å². The van der Waals surface area contributed by atoms with E-state index in [0.717, 1.165) is 55.0 Å². The zero-order chi connectivity index (χ0) is 25.0. The Kier molecular flexibility index (Phi) is 5.95. The summed E-state index contributed by atoms with van der Waals surface area (Å²) in [7, 11) is 0. The summed E-state index contributed by atoms with van der Waals surface area (Å²) < 4.78 is 20.0. The van der Waals surface area contributed by atoms with Crippen LogP contribution < -0.4 is 5.32 Å². The van der Waals surface area contributed by atoms with E-state index in [9.17, 15) is 4.39 Å². The zero-order valence-corrected chi connectivity index (χ0v) is 22.2. The highest BCUT2D eigenvalue weighted by Crippen LogP contribution is 2.48. The van der Waals surface area contributed by atoms with E-state index in [1.807, 2.05) is 24.0 Å². The predicted octanol–water partition coefficient (Wildman–Crippen LogP) is 3.63. The lowest BCUT2D eigenvalue weighted by molar-refractivity contribution is 0.0664. The van der Waals surface area contributed by atoms with Crippen LogP contribution in [-0.2, 0) is 4.74 Å². The van der Waals surface area contributed by atoms with Crippen LogP contribution >= 0.6 is 11.8 Å². The first-order valence-corrected chi connectivity index (χ1v) is 14.4. The Morgan fingerprint density at radius 2 is 2.00 bits per heavy atom. The predicted molar refractivity (Wildman–Crippen MR) is 148 cm³/mol. The molecule has 0 amide bonds. The van der Waals surface area contributed by atoms with Gasteiger partial charge in [0.2, 0.25) is 0 Å². The minimum atomic E-state index is -0.276. The molecule has 0 bridgehead atoms. The maximum Gasteiger partial charge on any atom is 0.158 e. The summed E-state index contributed by atoms with van der Waals surface area (Å²) in [6.07, 6.45) is 8.10. The zero-order valence-electron chi connectivity index (χ0n) is 21.4. The molecule has 7 nitrogen and oxygen atoms in total. The number of piperidine rings is 1. The van der Waals surface area contributed by atoms with Gasteiger partial charge in [-0.05, 0) is 80.4 Å². The molecule has 9 heteroatoms. The molecule has 2 unspecified atom stereocenters. The molecule has 1 spiro atoms. The monoisotopic (exact) mass is 522 g/mol. The smallest absolute Gasteiger partial charge is 0.158 e. The first-order chi connectivity index (χ1) is 18.0. The number of aromatic nitrogens is 1. The van der Waals surface area contributed by atoms with E-state index in [1.54, 1.807) is 6.07 Å². The topological polar surface area (TPSA) is 68.2 Å². The number of halogens is 1. The second-order valence-electron chi connectivity index (χ2n) is 11.4. The Morgan fingerprint density at radius 1 is 1.16 bits per heavy atom. The number of hydrogen-bond acceptors (Lipinski definition) is 7. The fourth-order valence-corrected chi connectivity index (χ4v) is 8.23. The summed E-state index contributed by atoms with van der Waals surface area (Å²) >= 11 is 1.93. The number of ether oxygens (including phenoxy) is 1. The molecule has 5 aliphatic heterocycles. The molecule has 37 heavy (non-hydrogen) atoms. The number of aliphatic imine (C=N–C) groups is 2. The normalized spacial score (nSPS) is 29.9. The minimum Gasteiger partial charge on any atom is -0.378 e. The average molecular weight is 523 g/mol. The van der Waals surface area contributed by atoms with Crippen molar-refractivity contribution in [3.05, 3.63) is 46.8 Å². The van der Waals surface area contributed by atoms with E-state index in [1.165, 1.54) is 43.3 Å². The third kappa shape index (κ3) is 4.24. The number of hydrogen-bond donors (Lipinski definition) is 2. The van der Waals surface area contributed by atoms with Crippen LogP contribution in [0.5, 0.6) is 0 Å². The summed E-state index contributed by atoms with van der Waals surface area (Å²) in [4.78, 5) is 19.8. The highest BCUT2D eigenvalue weighted by Gasteiger charge is 2.49. The van der Waals surface area contributed by atoms with Crippen molar-refractivity contribution in [3.8, 4) is 0 Å². The highest BCUT2D eigenvalue weighted by molar-refractivity contribution is 8.05. The SMILES string of the molecule is CC12SC(CN3CCC4(CCNC4)CC3)=CC1N=C(c1cc(F)cc3[nH]ccc13)N=C2N1CCOCC1. The molecule has 6 heterocycles. The minimum absolute atomic E-state index is 0.0368. The molecule has 1 aromatic heterocycles. The van der Waals surface area contributed by atoms with E-state index in [0.29, 0.717) is 24.5 Å². The fourth-order valence-electron chi connectivity index (χ4n) is 6.73. The number of amidine groups is 2.